The second kappa shape index (κ2) is 4.14. The van der Waals surface area contributed by atoms with E-state index in [4.69, 9.17) is 9.31 Å². The van der Waals surface area contributed by atoms with Crippen LogP contribution in [0.1, 0.15) is 33.4 Å². The highest BCUT2D eigenvalue weighted by atomic mass is 32.2. The Morgan fingerprint density at radius 3 is 2.53 bits per heavy atom. The molecular formula is C13H19BN2O2S. The Morgan fingerprint density at radius 1 is 1.26 bits per heavy atom. The predicted molar refractivity (Wildman–Crippen MR) is 79.7 cm³/mol. The third kappa shape index (κ3) is 2.06. The molecule has 1 fully saturated rings. The Bertz CT molecular complexity index is 505. The van der Waals surface area contributed by atoms with Gasteiger partial charge in [-0.25, -0.2) is 0 Å². The van der Waals surface area contributed by atoms with E-state index >= 15 is 0 Å². The Labute approximate surface area is 119 Å². The highest BCUT2D eigenvalue weighted by molar-refractivity contribution is 8.00. The summed E-state index contributed by atoms with van der Waals surface area (Å²) in [5.41, 5.74) is 2.67. The molecule has 0 radical (unpaired) electrons. The molecule has 2 aliphatic heterocycles. The first-order chi connectivity index (χ1) is 8.80. The van der Waals surface area contributed by atoms with Crippen molar-refractivity contribution in [1.82, 2.24) is 4.98 Å². The lowest BCUT2D eigenvalue weighted by atomic mass is 9.80. The standard InChI is InChI=1S/C13H19BN2O2S/c1-12(2)13(3,4)18-14(17-12)9-6-11-10(15-7-9)8-19-16(11)5/h6-7H,8H2,1-5H3. The maximum Gasteiger partial charge on any atom is 0.496 e. The van der Waals surface area contributed by atoms with E-state index in [1.54, 1.807) is 11.9 Å². The van der Waals surface area contributed by atoms with Gasteiger partial charge in [0.1, 0.15) is 0 Å². The van der Waals surface area contributed by atoms with Gasteiger partial charge in [-0.05, 0) is 45.7 Å². The highest BCUT2D eigenvalue weighted by Crippen LogP contribution is 2.38. The van der Waals surface area contributed by atoms with E-state index in [0.29, 0.717) is 0 Å². The van der Waals surface area contributed by atoms with Crippen molar-refractivity contribution in [2.45, 2.75) is 44.6 Å². The Balaban J connectivity index is 1.91. The van der Waals surface area contributed by atoms with Crippen molar-refractivity contribution in [3.05, 3.63) is 18.0 Å². The van der Waals surface area contributed by atoms with Crippen LogP contribution in [0.4, 0.5) is 5.69 Å². The summed E-state index contributed by atoms with van der Waals surface area (Å²) in [4.78, 5) is 4.53. The number of aromatic nitrogens is 1. The summed E-state index contributed by atoms with van der Waals surface area (Å²) in [7, 11) is 1.73. The van der Waals surface area contributed by atoms with E-state index in [1.807, 2.05) is 6.20 Å². The molecule has 3 heterocycles. The Kier molecular flexibility index (Phi) is 2.89. The van der Waals surface area contributed by atoms with Crippen LogP contribution in [0.15, 0.2) is 12.3 Å². The molecule has 1 saturated heterocycles. The van der Waals surface area contributed by atoms with Crippen LogP contribution >= 0.6 is 11.9 Å². The summed E-state index contributed by atoms with van der Waals surface area (Å²) in [5, 5.41) is 0. The summed E-state index contributed by atoms with van der Waals surface area (Å²) >= 11 is 1.77. The molecule has 0 saturated carbocycles. The first-order valence-electron chi connectivity index (χ1n) is 6.51. The summed E-state index contributed by atoms with van der Waals surface area (Å²) in [6.07, 6.45) is 1.88. The minimum absolute atomic E-state index is 0.308. The molecule has 0 spiro atoms. The van der Waals surface area contributed by atoms with Crippen LogP contribution in [0.3, 0.4) is 0 Å². The van der Waals surface area contributed by atoms with Gasteiger partial charge in [-0.15, -0.1) is 0 Å². The van der Waals surface area contributed by atoms with E-state index in [-0.39, 0.29) is 18.3 Å². The lowest BCUT2D eigenvalue weighted by molar-refractivity contribution is 0.00578. The lowest BCUT2D eigenvalue weighted by Gasteiger charge is -2.32. The third-order valence-corrected chi connectivity index (χ3v) is 5.21. The van der Waals surface area contributed by atoms with Crippen molar-refractivity contribution in [1.29, 1.82) is 0 Å². The average Bonchev–Trinajstić information content (AvgIpc) is 2.78. The number of pyridine rings is 1. The van der Waals surface area contributed by atoms with Gasteiger partial charge in [0.05, 0.1) is 28.3 Å². The molecule has 102 valence electrons. The fourth-order valence-electron chi connectivity index (χ4n) is 2.22. The average molecular weight is 278 g/mol. The quantitative estimate of drug-likeness (QED) is 0.579. The SMILES string of the molecule is CN1SCc2ncc(B3OC(C)(C)C(C)(C)O3)cc21. The molecule has 0 aromatic carbocycles. The van der Waals surface area contributed by atoms with E-state index in [2.05, 4.69) is 50.1 Å². The Morgan fingerprint density at radius 2 is 1.89 bits per heavy atom. The topological polar surface area (TPSA) is 34.6 Å². The van der Waals surface area contributed by atoms with Crippen molar-refractivity contribution < 1.29 is 9.31 Å². The smallest absolute Gasteiger partial charge is 0.399 e. The van der Waals surface area contributed by atoms with Crippen LogP contribution in [-0.2, 0) is 15.1 Å². The largest absolute Gasteiger partial charge is 0.496 e. The normalized spacial score (nSPS) is 23.8. The number of hydrogen-bond acceptors (Lipinski definition) is 5. The molecule has 0 atom stereocenters. The second-order valence-corrected chi connectivity index (χ2v) is 7.19. The van der Waals surface area contributed by atoms with E-state index in [9.17, 15) is 0 Å². The molecule has 6 heteroatoms. The van der Waals surface area contributed by atoms with Crippen molar-refractivity contribution in [3.63, 3.8) is 0 Å². The van der Waals surface area contributed by atoms with E-state index in [0.717, 1.165) is 22.6 Å². The minimum Gasteiger partial charge on any atom is -0.399 e. The molecule has 0 aliphatic carbocycles. The number of fused-ring (bicyclic) bond motifs is 1. The van der Waals surface area contributed by atoms with Gasteiger partial charge in [0.2, 0.25) is 0 Å². The molecule has 2 aliphatic rings. The summed E-state index contributed by atoms with van der Waals surface area (Å²) in [6, 6.07) is 2.13. The molecule has 4 nitrogen and oxygen atoms in total. The first kappa shape index (κ1) is 13.3. The van der Waals surface area contributed by atoms with Crippen molar-refractivity contribution in [3.8, 4) is 0 Å². The van der Waals surface area contributed by atoms with Gasteiger partial charge in [0.25, 0.3) is 0 Å². The minimum atomic E-state index is -0.332. The highest BCUT2D eigenvalue weighted by Gasteiger charge is 2.52. The van der Waals surface area contributed by atoms with Gasteiger partial charge < -0.3 is 13.6 Å². The molecule has 0 amide bonds. The summed E-state index contributed by atoms with van der Waals surface area (Å²) in [6.45, 7) is 8.26. The molecule has 0 bridgehead atoms. The van der Waals surface area contributed by atoms with Gasteiger partial charge in [-0.1, -0.05) is 0 Å². The maximum atomic E-state index is 6.06. The zero-order valence-electron chi connectivity index (χ0n) is 12.1. The van der Waals surface area contributed by atoms with Gasteiger partial charge in [0.15, 0.2) is 0 Å². The van der Waals surface area contributed by atoms with E-state index in [1.165, 1.54) is 0 Å². The summed E-state index contributed by atoms with van der Waals surface area (Å²) < 4.78 is 14.3. The third-order valence-electron chi connectivity index (χ3n) is 4.23. The van der Waals surface area contributed by atoms with Gasteiger partial charge in [-0.2, -0.15) is 0 Å². The van der Waals surface area contributed by atoms with Gasteiger partial charge >= 0.3 is 7.12 Å². The molecular weight excluding hydrogens is 259 g/mol. The van der Waals surface area contributed by atoms with Crippen LogP contribution in [0, 0.1) is 0 Å². The fourth-order valence-corrected chi connectivity index (χ4v) is 3.05. The van der Waals surface area contributed by atoms with Crippen molar-refractivity contribution in [2.75, 3.05) is 11.4 Å². The van der Waals surface area contributed by atoms with Crippen molar-refractivity contribution >= 4 is 30.2 Å². The molecule has 0 unspecified atom stereocenters. The Hall–Kier alpha value is -0.715. The molecule has 1 aromatic rings. The van der Waals surface area contributed by atoms with Crippen LogP contribution in [0.2, 0.25) is 0 Å². The maximum absolute atomic E-state index is 6.06. The molecule has 1 aromatic heterocycles. The molecule has 3 rings (SSSR count). The molecule has 0 N–H and O–H groups in total. The summed E-state index contributed by atoms with van der Waals surface area (Å²) in [5.74, 6) is 0.940. The lowest BCUT2D eigenvalue weighted by Crippen LogP contribution is -2.41. The zero-order chi connectivity index (χ0) is 13.8. The number of hydrogen-bond donors (Lipinski definition) is 0. The number of rotatable bonds is 1. The molecule has 19 heavy (non-hydrogen) atoms. The number of anilines is 1. The van der Waals surface area contributed by atoms with Crippen LogP contribution < -0.4 is 9.77 Å². The zero-order valence-corrected chi connectivity index (χ0v) is 12.9. The van der Waals surface area contributed by atoms with Crippen LogP contribution in [0.25, 0.3) is 0 Å². The van der Waals surface area contributed by atoms with Crippen LogP contribution in [-0.4, -0.2) is 30.4 Å². The monoisotopic (exact) mass is 278 g/mol. The first-order valence-corrected chi connectivity index (χ1v) is 7.45. The van der Waals surface area contributed by atoms with Crippen LogP contribution in [0.5, 0.6) is 0 Å². The second-order valence-electron chi connectivity index (χ2n) is 6.09. The number of nitrogens with zero attached hydrogens (tertiary/aromatic N) is 2. The van der Waals surface area contributed by atoms with Gasteiger partial charge in [-0.3, -0.25) is 4.98 Å². The van der Waals surface area contributed by atoms with Gasteiger partial charge in [0, 0.05) is 18.7 Å². The van der Waals surface area contributed by atoms with Crippen molar-refractivity contribution in [2.24, 2.45) is 0 Å². The van der Waals surface area contributed by atoms with E-state index < -0.39 is 0 Å². The fraction of sp³-hybridized carbons (Fsp3) is 0.615. The predicted octanol–water partition coefficient (Wildman–Crippen LogP) is 1.98.